The van der Waals surface area contributed by atoms with E-state index in [1.54, 1.807) is 0 Å². The van der Waals surface area contributed by atoms with Crippen molar-refractivity contribution in [3.05, 3.63) is 35.9 Å². The number of carbonyl (C=O) groups is 1. The summed E-state index contributed by atoms with van der Waals surface area (Å²) in [5.74, 6) is 0.218. The largest absolute Gasteiger partial charge is 0.393 e. The quantitative estimate of drug-likeness (QED) is 0.895. The molecule has 1 aliphatic carbocycles. The lowest BCUT2D eigenvalue weighted by atomic mass is 9.68. The van der Waals surface area contributed by atoms with Crippen molar-refractivity contribution >= 4 is 5.91 Å². The fourth-order valence-corrected chi connectivity index (χ4v) is 4.38. The van der Waals surface area contributed by atoms with Gasteiger partial charge in [-0.3, -0.25) is 4.79 Å². The maximum atomic E-state index is 13.5. The van der Waals surface area contributed by atoms with E-state index in [0.717, 1.165) is 37.7 Å². The second-order valence-corrected chi connectivity index (χ2v) is 7.54. The molecule has 1 aliphatic heterocycles. The molecular formula is C20H29NO3. The molecule has 0 radical (unpaired) electrons. The Kier molecular flexibility index (Phi) is 5.26. The monoisotopic (exact) mass is 331 g/mol. The number of aliphatic hydroxyl groups is 2. The van der Waals surface area contributed by atoms with Crippen molar-refractivity contribution in [3.8, 4) is 0 Å². The summed E-state index contributed by atoms with van der Waals surface area (Å²) in [6.45, 7) is 0.985. The second-order valence-electron chi connectivity index (χ2n) is 7.54. The van der Waals surface area contributed by atoms with Crippen LogP contribution in [0.25, 0.3) is 0 Å². The van der Waals surface area contributed by atoms with Gasteiger partial charge in [0.1, 0.15) is 0 Å². The molecule has 24 heavy (non-hydrogen) atoms. The predicted octanol–water partition coefficient (Wildman–Crippen LogP) is 2.62. The van der Waals surface area contributed by atoms with Gasteiger partial charge < -0.3 is 15.1 Å². The van der Waals surface area contributed by atoms with Gasteiger partial charge in [0.05, 0.1) is 17.6 Å². The van der Waals surface area contributed by atoms with E-state index in [9.17, 15) is 15.0 Å². The number of amides is 1. The van der Waals surface area contributed by atoms with Crippen LogP contribution >= 0.6 is 0 Å². The van der Waals surface area contributed by atoms with E-state index in [-0.39, 0.29) is 12.5 Å². The Morgan fingerprint density at radius 1 is 0.958 bits per heavy atom. The second kappa shape index (κ2) is 7.24. The minimum atomic E-state index is -1.03. The number of rotatable bonds is 3. The summed E-state index contributed by atoms with van der Waals surface area (Å²) in [7, 11) is 0. The fraction of sp³-hybridized carbons (Fsp3) is 0.650. The molecular weight excluding hydrogens is 302 g/mol. The summed E-state index contributed by atoms with van der Waals surface area (Å²) in [5.41, 5.74) is -0.292. The van der Waals surface area contributed by atoms with Crippen LogP contribution in [0.5, 0.6) is 0 Å². The van der Waals surface area contributed by atoms with Crippen LogP contribution in [-0.2, 0) is 10.2 Å². The summed E-state index contributed by atoms with van der Waals surface area (Å²) in [5, 5.41) is 19.8. The lowest BCUT2D eigenvalue weighted by molar-refractivity contribution is -0.139. The highest BCUT2D eigenvalue weighted by Crippen LogP contribution is 2.41. The summed E-state index contributed by atoms with van der Waals surface area (Å²) < 4.78 is 0. The van der Waals surface area contributed by atoms with Gasteiger partial charge in [0.25, 0.3) is 0 Å². The van der Waals surface area contributed by atoms with Crippen LogP contribution in [0, 0.1) is 0 Å². The van der Waals surface area contributed by atoms with Crippen molar-refractivity contribution in [1.82, 2.24) is 4.90 Å². The minimum Gasteiger partial charge on any atom is -0.393 e. The number of nitrogens with zero attached hydrogens (tertiary/aromatic N) is 1. The van der Waals surface area contributed by atoms with Gasteiger partial charge in [0.2, 0.25) is 5.91 Å². The zero-order chi connectivity index (χ0) is 17.0. The normalized spacial score (nSPS) is 27.5. The average Bonchev–Trinajstić information content (AvgIpc) is 2.85. The third-order valence-electron chi connectivity index (χ3n) is 5.94. The van der Waals surface area contributed by atoms with E-state index < -0.39 is 11.0 Å². The van der Waals surface area contributed by atoms with E-state index in [1.807, 2.05) is 23.1 Å². The summed E-state index contributed by atoms with van der Waals surface area (Å²) in [6.07, 6.45) is 6.98. The number of benzene rings is 1. The molecule has 0 spiro atoms. The Labute approximate surface area is 144 Å². The molecule has 4 heteroatoms. The first kappa shape index (κ1) is 17.4. The van der Waals surface area contributed by atoms with Gasteiger partial charge in [-0.15, -0.1) is 0 Å². The molecule has 2 aliphatic rings. The zero-order valence-electron chi connectivity index (χ0n) is 14.4. The fourth-order valence-electron chi connectivity index (χ4n) is 4.38. The molecule has 0 bridgehead atoms. The number of aliphatic hydroxyl groups excluding tert-OH is 1. The Morgan fingerprint density at radius 2 is 1.67 bits per heavy atom. The Bertz CT molecular complexity index is 553. The summed E-state index contributed by atoms with van der Waals surface area (Å²) >= 11 is 0. The van der Waals surface area contributed by atoms with Gasteiger partial charge in [-0.05, 0) is 37.7 Å². The predicted molar refractivity (Wildman–Crippen MR) is 93.7 cm³/mol. The van der Waals surface area contributed by atoms with Crippen molar-refractivity contribution < 1.29 is 15.0 Å². The van der Waals surface area contributed by atoms with Crippen molar-refractivity contribution in [2.45, 2.75) is 62.4 Å². The van der Waals surface area contributed by atoms with Crippen LogP contribution in [0.1, 0.15) is 56.9 Å². The Balaban J connectivity index is 1.84. The van der Waals surface area contributed by atoms with Crippen LogP contribution in [-0.4, -0.2) is 46.3 Å². The molecule has 4 nitrogen and oxygen atoms in total. The topological polar surface area (TPSA) is 60.8 Å². The summed E-state index contributed by atoms with van der Waals surface area (Å²) in [4.78, 5) is 15.4. The van der Waals surface area contributed by atoms with Gasteiger partial charge in [-0.1, -0.05) is 49.6 Å². The molecule has 2 N–H and O–H groups in total. The molecule has 1 aromatic rings. The highest BCUT2D eigenvalue weighted by atomic mass is 16.3. The van der Waals surface area contributed by atoms with E-state index in [0.29, 0.717) is 25.9 Å². The van der Waals surface area contributed by atoms with Crippen molar-refractivity contribution in [3.63, 3.8) is 0 Å². The van der Waals surface area contributed by atoms with Crippen LogP contribution in [0.2, 0.25) is 0 Å². The Hall–Kier alpha value is -1.39. The molecule has 1 saturated heterocycles. The average molecular weight is 331 g/mol. The van der Waals surface area contributed by atoms with E-state index >= 15 is 0 Å². The van der Waals surface area contributed by atoms with E-state index in [4.69, 9.17) is 0 Å². The van der Waals surface area contributed by atoms with Crippen LogP contribution in [0.15, 0.2) is 30.3 Å². The van der Waals surface area contributed by atoms with E-state index in [2.05, 4.69) is 12.1 Å². The Morgan fingerprint density at radius 3 is 2.33 bits per heavy atom. The molecule has 1 aromatic carbocycles. The molecule has 1 saturated carbocycles. The van der Waals surface area contributed by atoms with Crippen molar-refractivity contribution in [2.24, 2.45) is 0 Å². The molecule has 1 atom stereocenters. The maximum Gasteiger partial charge on any atom is 0.233 e. The number of likely N-dealkylation sites (tertiary alicyclic amines) is 1. The van der Waals surface area contributed by atoms with Crippen LogP contribution in [0.3, 0.4) is 0 Å². The van der Waals surface area contributed by atoms with Crippen molar-refractivity contribution in [2.75, 3.05) is 19.7 Å². The van der Waals surface area contributed by atoms with Crippen LogP contribution < -0.4 is 0 Å². The SMILES string of the molecule is O=C(N1CCC[C@](O)(CO)CC1)C1(c2ccccc2)CCCCC1. The molecule has 0 aromatic heterocycles. The minimum absolute atomic E-state index is 0.218. The molecule has 1 heterocycles. The lowest BCUT2D eigenvalue weighted by Gasteiger charge is -2.40. The molecule has 1 amide bonds. The zero-order valence-corrected chi connectivity index (χ0v) is 14.4. The van der Waals surface area contributed by atoms with Gasteiger partial charge in [0, 0.05) is 13.1 Å². The number of hydrogen-bond acceptors (Lipinski definition) is 3. The van der Waals surface area contributed by atoms with Crippen LogP contribution in [0.4, 0.5) is 0 Å². The van der Waals surface area contributed by atoms with Gasteiger partial charge >= 0.3 is 0 Å². The summed E-state index contributed by atoms with van der Waals surface area (Å²) in [6, 6.07) is 10.2. The lowest BCUT2D eigenvalue weighted by Crippen LogP contribution is -2.48. The first-order valence-electron chi connectivity index (χ1n) is 9.28. The molecule has 132 valence electrons. The smallest absolute Gasteiger partial charge is 0.233 e. The third-order valence-corrected chi connectivity index (χ3v) is 5.94. The highest BCUT2D eigenvalue weighted by Gasteiger charge is 2.44. The first-order valence-corrected chi connectivity index (χ1v) is 9.28. The standard InChI is InChI=1S/C20H29NO3/c22-16-19(24)10-7-14-21(15-13-19)18(23)20(11-5-2-6-12-20)17-8-3-1-4-9-17/h1,3-4,8-9,22,24H,2,5-7,10-16H2/t19-/m1/s1. The van der Waals surface area contributed by atoms with Gasteiger partial charge in [0.15, 0.2) is 0 Å². The molecule has 2 fully saturated rings. The molecule has 0 unspecified atom stereocenters. The maximum absolute atomic E-state index is 13.5. The third kappa shape index (κ3) is 3.35. The number of carbonyl (C=O) groups excluding carboxylic acids is 1. The van der Waals surface area contributed by atoms with E-state index in [1.165, 1.54) is 6.42 Å². The van der Waals surface area contributed by atoms with Crippen molar-refractivity contribution in [1.29, 1.82) is 0 Å². The van der Waals surface area contributed by atoms with Gasteiger partial charge in [-0.25, -0.2) is 0 Å². The van der Waals surface area contributed by atoms with Gasteiger partial charge in [-0.2, -0.15) is 0 Å². The molecule has 3 rings (SSSR count). The first-order chi connectivity index (χ1) is 11.6. The highest BCUT2D eigenvalue weighted by molar-refractivity contribution is 5.88. The number of hydrogen-bond donors (Lipinski definition) is 2.